The predicted molar refractivity (Wildman–Crippen MR) is 77.9 cm³/mol. The topological polar surface area (TPSA) is 58.6 Å². The highest BCUT2D eigenvalue weighted by Gasteiger charge is 2.29. The van der Waals surface area contributed by atoms with E-state index in [-0.39, 0.29) is 18.4 Å². The highest BCUT2D eigenvalue weighted by Crippen LogP contribution is 2.31. The Morgan fingerprint density at radius 2 is 2.15 bits per heavy atom. The van der Waals surface area contributed by atoms with E-state index >= 15 is 0 Å². The number of carbonyl (C=O) groups is 1. The number of aliphatic hydroxyl groups excluding tert-OH is 1. The average molecular weight is 277 g/mol. The predicted octanol–water partition coefficient (Wildman–Crippen LogP) is 1.74. The molecular weight excluding hydrogens is 254 g/mol. The van der Waals surface area contributed by atoms with Crippen LogP contribution in [0.1, 0.15) is 30.0 Å². The van der Waals surface area contributed by atoms with Crippen molar-refractivity contribution in [2.75, 3.05) is 13.2 Å². The lowest BCUT2D eigenvalue weighted by Crippen LogP contribution is -2.39. The summed E-state index contributed by atoms with van der Waals surface area (Å²) in [4.78, 5) is 12.1. The summed E-state index contributed by atoms with van der Waals surface area (Å²) in [7, 11) is 0. The van der Waals surface area contributed by atoms with E-state index in [0.717, 1.165) is 11.3 Å². The van der Waals surface area contributed by atoms with Crippen LogP contribution in [-0.2, 0) is 11.2 Å². The molecule has 2 rings (SSSR count). The Kier molecular flexibility index (Phi) is 4.65. The quantitative estimate of drug-likeness (QED) is 0.862. The zero-order valence-corrected chi connectivity index (χ0v) is 12.4. The smallest absolute Gasteiger partial charge is 0.261 e. The molecule has 1 amide bonds. The van der Waals surface area contributed by atoms with Crippen molar-refractivity contribution in [3.63, 3.8) is 0 Å². The molecule has 0 spiro atoms. The molecule has 0 radical (unpaired) electrons. The van der Waals surface area contributed by atoms with Gasteiger partial charge < -0.3 is 15.2 Å². The van der Waals surface area contributed by atoms with E-state index in [4.69, 9.17) is 9.84 Å². The second kappa shape index (κ2) is 6.27. The first kappa shape index (κ1) is 14.9. The van der Waals surface area contributed by atoms with Crippen LogP contribution in [-0.4, -0.2) is 30.3 Å². The average Bonchev–Trinajstić information content (AvgIpc) is 2.80. The Hall–Kier alpha value is -1.55. The molecule has 0 saturated heterocycles. The minimum absolute atomic E-state index is 0.0682. The number of ether oxygens (including phenoxy) is 1. The van der Waals surface area contributed by atoms with Gasteiger partial charge in [0, 0.05) is 19.6 Å². The van der Waals surface area contributed by atoms with Crippen molar-refractivity contribution in [2.24, 2.45) is 5.92 Å². The molecule has 0 bridgehead atoms. The number of aryl methyl sites for hydroxylation is 2. The molecule has 1 aliphatic heterocycles. The summed E-state index contributed by atoms with van der Waals surface area (Å²) in [6, 6.07) is 4.11. The van der Waals surface area contributed by atoms with Crippen molar-refractivity contribution in [1.29, 1.82) is 0 Å². The van der Waals surface area contributed by atoms with Crippen LogP contribution in [0.15, 0.2) is 12.1 Å². The molecule has 1 aromatic rings. The van der Waals surface area contributed by atoms with Gasteiger partial charge >= 0.3 is 0 Å². The third-order valence-electron chi connectivity index (χ3n) is 3.89. The van der Waals surface area contributed by atoms with E-state index in [0.29, 0.717) is 19.4 Å². The van der Waals surface area contributed by atoms with Crippen LogP contribution in [0.3, 0.4) is 0 Å². The molecule has 0 fully saturated rings. The van der Waals surface area contributed by atoms with E-state index in [9.17, 15) is 4.79 Å². The number of benzene rings is 1. The summed E-state index contributed by atoms with van der Waals surface area (Å²) >= 11 is 0. The van der Waals surface area contributed by atoms with Crippen molar-refractivity contribution >= 4 is 5.91 Å². The third kappa shape index (κ3) is 3.31. The maximum Gasteiger partial charge on any atom is 0.261 e. The summed E-state index contributed by atoms with van der Waals surface area (Å²) in [6.45, 7) is 6.85. The van der Waals surface area contributed by atoms with Crippen LogP contribution in [0.25, 0.3) is 0 Å². The Morgan fingerprint density at radius 3 is 2.85 bits per heavy atom. The lowest BCUT2D eigenvalue weighted by Gasteiger charge is -2.14. The molecule has 2 N–H and O–H groups in total. The monoisotopic (exact) mass is 277 g/mol. The fraction of sp³-hybridized carbons (Fsp3) is 0.562. The second-order valence-corrected chi connectivity index (χ2v) is 5.72. The fourth-order valence-electron chi connectivity index (χ4n) is 2.37. The van der Waals surface area contributed by atoms with Crippen LogP contribution >= 0.6 is 0 Å². The number of fused-ring (bicyclic) bond motifs is 1. The summed E-state index contributed by atoms with van der Waals surface area (Å²) in [5.74, 6) is 1.04. The van der Waals surface area contributed by atoms with Crippen molar-refractivity contribution < 1.29 is 14.6 Å². The SMILES string of the molecule is Cc1cc2c(cc1C)OC(C(=O)NCC(C)CCO)C2. The Morgan fingerprint density at radius 1 is 1.45 bits per heavy atom. The zero-order valence-electron chi connectivity index (χ0n) is 12.4. The summed E-state index contributed by atoms with van der Waals surface area (Å²) < 4.78 is 5.74. The molecule has 0 saturated carbocycles. The fourth-order valence-corrected chi connectivity index (χ4v) is 2.37. The van der Waals surface area contributed by atoms with Crippen LogP contribution in [0, 0.1) is 19.8 Å². The van der Waals surface area contributed by atoms with Gasteiger partial charge in [0.05, 0.1) is 0 Å². The molecule has 2 unspecified atom stereocenters. The first-order valence-electron chi connectivity index (χ1n) is 7.16. The van der Waals surface area contributed by atoms with Crippen LogP contribution in [0.5, 0.6) is 5.75 Å². The molecule has 2 atom stereocenters. The molecule has 0 aliphatic carbocycles. The van der Waals surface area contributed by atoms with Gasteiger partial charge in [-0.1, -0.05) is 13.0 Å². The van der Waals surface area contributed by atoms with E-state index in [1.54, 1.807) is 0 Å². The van der Waals surface area contributed by atoms with Gasteiger partial charge in [0.25, 0.3) is 5.91 Å². The van der Waals surface area contributed by atoms with E-state index in [2.05, 4.69) is 18.3 Å². The molecule has 4 heteroatoms. The minimum Gasteiger partial charge on any atom is -0.480 e. The molecular formula is C16H23NO3. The maximum absolute atomic E-state index is 12.1. The van der Waals surface area contributed by atoms with E-state index in [1.165, 1.54) is 11.1 Å². The van der Waals surface area contributed by atoms with Crippen molar-refractivity contribution in [1.82, 2.24) is 5.32 Å². The number of carbonyl (C=O) groups excluding carboxylic acids is 1. The molecule has 4 nitrogen and oxygen atoms in total. The van der Waals surface area contributed by atoms with Crippen molar-refractivity contribution in [3.8, 4) is 5.75 Å². The number of aliphatic hydroxyl groups is 1. The Bertz CT molecular complexity index is 468. The lowest BCUT2D eigenvalue weighted by atomic mass is 10.0. The standard InChI is InChI=1S/C16H23NO3/c1-10(4-5-18)9-17-16(19)15-8-13-6-11(2)12(3)7-14(13)20-15/h6-7,10,15,18H,4-5,8-9H2,1-3H3,(H,17,19). The molecule has 1 aliphatic rings. The lowest BCUT2D eigenvalue weighted by molar-refractivity contribution is -0.127. The van der Waals surface area contributed by atoms with Gasteiger partial charge in [-0.2, -0.15) is 0 Å². The van der Waals surface area contributed by atoms with Gasteiger partial charge in [0.15, 0.2) is 6.10 Å². The van der Waals surface area contributed by atoms with E-state index < -0.39 is 6.10 Å². The van der Waals surface area contributed by atoms with Gasteiger partial charge in [-0.15, -0.1) is 0 Å². The normalized spacial score (nSPS) is 18.3. The van der Waals surface area contributed by atoms with Crippen LogP contribution in [0.4, 0.5) is 0 Å². The largest absolute Gasteiger partial charge is 0.480 e. The van der Waals surface area contributed by atoms with Crippen molar-refractivity contribution in [2.45, 2.75) is 39.7 Å². The third-order valence-corrected chi connectivity index (χ3v) is 3.89. The van der Waals surface area contributed by atoms with Gasteiger partial charge in [-0.3, -0.25) is 4.79 Å². The Balaban J connectivity index is 1.92. The van der Waals surface area contributed by atoms with Crippen LogP contribution in [0.2, 0.25) is 0 Å². The molecule has 1 aromatic carbocycles. The highest BCUT2D eigenvalue weighted by molar-refractivity contribution is 5.82. The highest BCUT2D eigenvalue weighted by atomic mass is 16.5. The first-order chi connectivity index (χ1) is 9.51. The second-order valence-electron chi connectivity index (χ2n) is 5.72. The molecule has 20 heavy (non-hydrogen) atoms. The number of nitrogens with one attached hydrogen (secondary N) is 1. The first-order valence-corrected chi connectivity index (χ1v) is 7.16. The van der Waals surface area contributed by atoms with Gasteiger partial charge in [-0.25, -0.2) is 0 Å². The van der Waals surface area contributed by atoms with Crippen molar-refractivity contribution in [3.05, 3.63) is 28.8 Å². The summed E-state index contributed by atoms with van der Waals surface area (Å²) in [5, 5.41) is 11.7. The minimum atomic E-state index is -0.424. The number of rotatable bonds is 5. The molecule has 0 aromatic heterocycles. The van der Waals surface area contributed by atoms with Crippen LogP contribution < -0.4 is 10.1 Å². The number of hydrogen-bond acceptors (Lipinski definition) is 3. The maximum atomic E-state index is 12.1. The summed E-state index contributed by atoms with van der Waals surface area (Å²) in [5.41, 5.74) is 3.52. The number of amides is 1. The molecule has 110 valence electrons. The van der Waals surface area contributed by atoms with E-state index in [1.807, 2.05) is 19.9 Å². The Labute approximate surface area is 120 Å². The summed E-state index contributed by atoms with van der Waals surface area (Å²) in [6.07, 6.45) is 0.911. The van der Waals surface area contributed by atoms with Gasteiger partial charge in [-0.05, 0) is 48.9 Å². The zero-order chi connectivity index (χ0) is 14.7. The molecule has 1 heterocycles. The van der Waals surface area contributed by atoms with Gasteiger partial charge in [0.1, 0.15) is 5.75 Å². The van der Waals surface area contributed by atoms with Gasteiger partial charge in [0.2, 0.25) is 0 Å². The number of hydrogen-bond donors (Lipinski definition) is 2.